The van der Waals surface area contributed by atoms with Crippen LogP contribution in [0, 0.1) is 5.92 Å². The van der Waals surface area contributed by atoms with Gasteiger partial charge >= 0.3 is 12.1 Å². The molecule has 2 rings (SSSR count). The maximum atomic E-state index is 13.2. The first-order chi connectivity index (χ1) is 17.0. The number of amides is 2. The van der Waals surface area contributed by atoms with Crippen molar-refractivity contribution in [2.24, 2.45) is 5.92 Å². The summed E-state index contributed by atoms with van der Waals surface area (Å²) in [5.41, 5.74) is 1.13. The van der Waals surface area contributed by atoms with E-state index in [1.54, 1.807) is 20.8 Å². The van der Waals surface area contributed by atoms with E-state index in [4.69, 9.17) is 14.2 Å². The maximum Gasteiger partial charge on any atom is 0.408 e. The lowest BCUT2D eigenvalue weighted by Gasteiger charge is -2.25. The maximum absolute atomic E-state index is 13.2. The molecule has 0 fully saturated rings. The van der Waals surface area contributed by atoms with E-state index in [9.17, 15) is 14.4 Å². The van der Waals surface area contributed by atoms with Gasteiger partial charge < -0.3 is 24.8 Å². The lowest BCUT2D eigenvalue weighted by Crippen LogP contribution is -2.53. The van der Waals surface area contributed by atoms with Gasteiger partial charge in [-0.1, -0.05) is 56.3 Å². The predicted octanol–water partition coefficient (Wildman–Crippen LogP) is 4.41. The fourth-order valence-corrected chi connectivity index (χ4v) is 3.46. The number of benzene rings is 2. The Labute approximate surface area is 213 Å². The van der Waals surface area contributed by atoms with Gasteiger partial charge in [-0.05, 0) is 56.4 Å². The van der Waals surface area contributed by atoms with Gasteiger partial charge in [-0.15, -0.1) is 0 Å². The van der Waals surface area contributed by atoms with Gasteiger partial charge in [0, 0.05) is 6.42 Å². The number of hydrogen-bond acceptors (Lipinski definition) is 6. The van der Waals surface area contributed by atoms with E-state index in [1.165, 1.54) is 7.11 Å². The lowest BCUT2D eigenvalue weighted by molar-refractivity contribution is -0.145. The average Bonchev–Trinajstić information content (AvgIpc) is 2.81. The van der Waals surface area contributed by atoms with Crippen molar-refractivity contribution in [2.45, 2.75) is 71.8 Å². The van der Waals surface area contributed by atoms with Gasteiger partial charge in [-0.3, -0.25) is 4.79 Å². The highest BCUT2D eigenvalue weighted by atomic mass is 16.6. The standard InChI is InChI=1S/C28H38N2O6/c1-19(2)16-24(26(32)34-6)29-25(31)23(30-27(33)36-28(3,4)5)17-20-12-14-22(15-13-20)35-18-21-10-8-7-9-11-21/h7-15,19,23-24H,16-18H2,1-6H3,(H,29,31)(H,30,33)/t23-,24-/m0/s1. The Morgan fingerprint density at radius 1 is 0.861 bits per heavy atom. The molecule has 2 N–H and O–H groups in total. The predicted molar refractivity (Wildman–Crippen MR) is 137 cm³/mol. The second-order valence-electron chi connectivity index (χ2n) is 10.0. The highest BCUT2D eigenvalue weighted by molar-refractivity contribution is 5.89. The molecular formula is C28H38N2O6. The number of nitrogens with one attached hydrogen (secondary N) is 2. The topological polar surface area (TPSA) is 103 Å². The molecule has 0 saturated heterocycles. The molecule has 0 aliphatic carbocycles. The molecule has 0 radical (unpaired) electrons. The fraction of sp³-hybridized carbons (Fsp3) is 0.464. The average molecular weight is 499 g/mol. The Morgan fingerprint density at radius 3 is 2.06 bits per heavy atom. The Kier molecular flexibility index (Phi) is 10.8. The third-order valence-electron chi connectivity index (χ3n) is 5.13. The molecule has 196 valence electrons. The Hall–Kier alpha value is -3.55. The smallest absolute Gasteiger partial charge is 0.408 e. The zero-order chi connectivity index (χ0) is 26.7. The van der Waals surface area contributed by atoms with Crippen molar-refractivity contribution in [1.82, 2.24) is 10.6 Å². The zero-order valence-electron chi connectivity index (χ0n) is 22.0. The van der Waals surface area contributed by atoms with Crippen molar-refractivity contribution in [2.75, 3.05) is 7.11 Å². The normalized spacial score (nSPS) is 12.9. The molecule has 0 saturated carbocycles. The number of carbonyl (C=O) groups excluding carboxylic acids is 3. The molecule has 2 aromatic rings. The Morgan fingerprint density at radius 2 is 1.50 bits per heavy atom. The van der Waals surface area contributed by atoms with Crippen LogP contribution >= 0.6 is 0 Å². The van der Waals surface area contributed by atoms with E-state index in [0.29, 0.717) is 18.8 Å². The fourth-order valence-electron chi connectivity index (χ4n) is 3.46. The van der Waals surface area contributed by atoms with Gasteiger partial charge in [0.05, 0.1) is 7.11 Å². The highest BCUT2D eigenvalue weighted by Gasteiger charge is 2.29. The molecule has 0 bridgehead atoms. The SMILES string of the molecule is COC(=O)[C@H](CC(C)C)NC(=O)[C@H](Cc1ccc(OCc2ccccc2)cc1)NC(=O)OC(C)(C)C. The van der Waals surface area contributed by atoms with Crippen molar-refractivity contribution in [1.29, 1.82) is 0 Å². The van der Waals surface area contributed by atoms with Crippen LogP contribution in [0.2, 0.25) is 0 Å². The summed E-state index contributed by atoms with van der Waals surface area (Å²) in [6, 6.07) is 15.4. The monoisotopic (exact) mass is 498 g/mol. The first kappa shape index (κ1) is 28.7. The number of ether oxygens (including phenoxy) is 3. The van der Waals surface area contributed by atoms with Crippen LogP contribution in [0.5, 0.6) is 5.75 Å². The quantitative estimate of drug-likeness (QED) is 0.445. The van der Waals surface area contributed by atoms with Crippen LogP contribution in [0.1, 0.15) is 52.2 Å². The van der Waals surface area contributed by atoms with E-state index in [2.05, 4.69) is 10.6 Å². The first-order valence-corrected chi connectivity index (χ1v) is 12.1. The summed E-state index contributed by atoms with van der Waals surface area (Å²) in [6.45, 7) is 9.55. The molecule has 0 aromatic heterocycles. The molecule has 0 spiro atoms. The molecule has 0 unspecified atom stereocenters. The van der Waals surface area contributed by atoms with Crippen molar-refractivity contribution >= 4 is 18.0 Å². The summed E-state index contributed by atoms with van der Waals surface area (Å²) >= 11 is 0. The van der Waals surface area contributed by atoms with Crippen LogP contribution in [0.3, 0.4) is 0 Å². The molecule has 2 aromatic carbocycles. The molecule has 0 aliphatic rings. The summed E-state index contributed by atoms with van der Waals surface area (Å²) in [7, 11) is 1.28. The van der Waals surface area contributed by atoms with E-state index < -0.39 is 35.7 Å². The molecule has 0 aliphatic heterocycles. The molecule has 0 heterocycles. The number of hydrogen-bond donors (Lipinski definition) is 2. The first-order valence-electron chi connectivity index (χ1n) is 12.1. The molecule has 2 amide bonds. The van der Waals surface area contributed by atoms with Crippen LogP contribution < -0.4 is 15.4 Å². The second kappa shape index (κ2) is 13.5. The number of rotatable bonds is 11. The third-order valence-corrected chi connectivity index (χ3v) is 5.13. The van der Waals surface area contributed by atoms with Gasteiger partial charge in [0.2, 0.25) is 5.91 Å². The second-order valence-corrected chi connectivity index (χ2v) is 10.0. The van der Waals surface area contributed by atoms with Crippen molar-refractivity contribution in [3.8, 4) is 5.75 Å². The molecular weight excluding hydrogens is 460 g/mol. The Balaban J connectivity index is 2.12. The minimum absolute atomic E-state index is 0.148. The minimum atomic E-state index is -0.963. The van der Waals surface area contributed by atoms with Gasteiger partial charge in [-0.25, -0.2) is 9.59 Å². The van der Waals surface area contributed by atoms with E-state index >= 15 is 0 Å². The number of carbonyl (C=O) groups is 3. The summed E-state index contributed by atoms with van der Waals surface area (Å²) in [5.74, 6) is -0.198. The molecule has 36 heavy (non-hydrogen) atoms. The Bertz CT molecular complexity index is 983. The van der Waals surface area contributed by atoms with Crippen LogP contribution in [-0.2, 0) is 32.1 Å². The third kappa shape index (κ3) is 10.4. The van der Waals surface area contributed by atoms with Crippen molar-refractivity contribution in [3.05, 3.63) is 65.7 Å². The van der Waals surface area contributed by atoms with E-state index in [0.717, 1.165) is 11.1 Å². The summed E-state index contributed by atoms with van der Waals surface area (Å²) in [4.78, 5) is 37.9. The number of methoxy groups -OCH3 is 1. The minimum Gasteiger partial charge on any atom is -0.489 e. The van der Waals surface area contributed by atoms with Crippen LogP contribution in [0.4, 0.5) is 4.79 Å². The van der Waals surface area contributed by atoms with Crippen LogP contribution in [0.25, 0.3) is 0 Å². The highest BCUT2D eigenvalue weighted by Crippen LogP contribution is 2.16. The summed E-state index contributed by atoms with van der Waals surface area (Å²) in [5, 5.41) is 5.37. The van der Waals surface area contributed by atoms with Gasteiger partial charge in [0.15, 0.2) is 0 Å². The summed E-state index contributed by atoms with van der Waals surface area (Å²) < 4.78 is 16.0. The molecule has 2 atom stereocenters. The van der Waals surface area contributed by atoms with Crippen molar-refractivity contribution in [3.63, 3.8) is 0 Å². The number of alkyl carbamates (subject to hydrolysis) is 1. The zero-order valence-corrected chi connectivity index (χ0v) is 22.0. The lowest BCUT2D eigenvalue weighted by atomic mass is 10.0. The largest absolute Gasteiger partial charge is 0.489 e. The van der Waals surface area contributed by atoms with Crippen LogP contribution in [0.15, 0.2) is 54.6 Å². The van der Waals surface area contributed by atoms with E-state index in [-0.39, 0.29) is 12.3 Å². The molecule has 8 heteroatoms. The van der Waals surface area contributed by atoms with Crippen LogP contribution in [-0.4, -0.2) is 42.8 Å². The van der Waals surface area contributed by atoms with Gasteiger partial charge in [0.25, 0.3) is 0 Å². The molecule has 8 nitrogen and oxygen atoms in total. The number of esters is 1. The van der Waals surface area contributed by atoms with E-state index in [1.807, 2.05) is 68.4 Å². The summed E-state index contributed by atoms with van der Waals surface area (Å²) in [6.07, 6.45) is -0.117. The van der Waals surface area contributed by atoms with Gasteiger partial charge in [0.1, 0.15) is 30.0 Å². The van der Waals surface area contributed by atoms with Gasteiger partial charge in [-0.2, -0.15) is 0 Å². The van der Waals surface area contributed by atoms with Crippen molar-refractivity contribution < 1.29 is 28.6 Å².